The molecule has 1 heterocycles. The summed E-state index contributed by atoms with van der Waals surface area (Å²) < 4.78 is 11.5. The molecular formula is C35H36N2O6. The lowest BCUT2D eigenvalue weighted by atomic mass is 9.95. The number of pyridine rings is 1. The molecule has 1 aromatic heterocycles. The Morgan fingerprint density at radius 1 is 0.860 bits per heavy atom. The maximum Gasteiger partial charge on any atom is 0.415 e. The van der Waals surface area contributed by atoms with Crippen LogP contribution in [0.2, 0.25) is 0 Å². The van der Waals surface area contributed by atoms with E-state index in [4.69, 9.17) is 19.1 Å². The molecule has 0 bridgehead atoms. The van der Waals surface area contributed by atoms with Crippen LogP contribution in [0.15, 0.2) is 79.0 Å². The van der Waals surface area contributed by atoms with Gasteiger partial charge in [-0.3, -0.25) is 14.7 Å². The molecule has 0 radical (unpaired) electrons. The molecule has 43 heavy (non-hydrogen) atoms. The van der Waals surface area contributed by atoms with E-state index in [-0.39, 0.29) is 18.5 Å². The summed E-state index contributed by atoms with van der Waals surface area (Å²) in [6.07, 6.45) is 1.45. The van der Waals surface area contributed by atoms with E-state index in [1.807, 2.05) is 96.1 Å². The number of benzene rings is 3. The summed E-state index contributed by atoms with van der Waals surface area (Å²) in [4.78, 5) is 49.8. The molecule has 0 saturated carbocycles. The standard InChI is InChI=1S/C34H36N2O4.CO2/c1-22-13-11-12-16-29(22)26-17-27(31(37)25-14-9-8-10-15-25)19-28(18-26)36(33(38)40-34(4,5)6)21-30-24(3)32(39-7)23(2)20-35-30;2-1-3/h8-20H,21H2,1-7H3;. The number of hydrogen-bond donors (Lipinski definition) is 0. The molecule has 4 rings (SSSR count). The van der Waals surface area contributed by atoms with Crippen LogP contribution in [0.5, 0.6) is 5.75 Å². The van der Waals surface area contributed by atoms with Gasteiger partial charge >= 0.3 is 12.2 Å². The van der Waals surface area contributed by atoms with Crippen molar-refractivity contribution in [2.75, 3.05) is 12.0 Å². The second-order valence-corrected chi connectivity index (χ2v) is 11.0. The fraction of sp³-hybridized carbons (Fsp3) is 0.257. The molecule has 0 saturated heterocycles. The van der Waals surface area contributed by atoms with Gasteiger partial charge in [-0.1, -0.05) is 54.6 Å². The third-order valence-electron chi connectivity index (χ3n) is 6.66. The summed E-state index contributed by atoms with van der Waals surface area (Å²) in [5, 5.41) is 0. The van der Waals surface area contributed by atoms with E-state index in [1.54, 1.807) is 36.4 Å². The van der Waals surface area contributed by atoms with Gasteiger partial charge in [-0.05, 0) is 76.4 Å². The van der Waals surface area contributed by atoms with Gasteiger partial charge in [0.1, 0.15) is 11.4 Å². The average Bonchev–Trinajstić information content (AvgIpc) is 2.96. The molecule has 0 unspecified atom stereocenters. The molecule has 0 fully saturated rings. The Balaban J connectivity index is 0.00000162. The number of methoxy groups -OCH3 is 1. The Labute approximate surface area is 252 Å². The SMILES string of the molecule is COc1c(C)cnc(CN(C(=O)OC(C)(C)C)c2cc(C(=O)c3ccccc3)cc(-c3ccccc3C)c2)c1C.O=C=O. The number of carbonyl (C=O) groups excluding carboxylic acids is 4. The lowest BCUT2D eigenvalue weighted by Crippen LogP contribution is -2.37. The molecule has 4 aromatic rings. The summed E-state index contributed by atoms with van der Waals surface area (Å²) in [7, 11) is 1.62. The zero-order chi connectivity index (χ0) is 31.7. The van der Waals surface area contributed by atoms with Crippen molar-refractivity contribution in [3.8, 4) is 16.9 Å². The quantitative estimate of drug-likeness (QED) is 0.212. The van der Waals surface area contributed by atoms with Gasteiger partial charge in [0.05, 0.1) is 19.3 Å². The minimum absolute atomic E-state index is 0.132. The van der Waals surface area contributed by atoms with Crippen molar-refractivity contribution >= 4 is 23.7 Å². The van der Waals surface area contributed by atoms with Gasteiger partial charge in [-0.2, -0.15) is 9.59 Å². The molecule has 1 amide bonds. The first-order chi connectivity index (χ1) is 20.4. The molecule has 0 aliphatic heterocycles. The van der Waals surface area contributed by atoms with E-state index < -0.39 is 11.7 Å². The zero-order valence-corrected chi connectivity index (χ0v) is 25.6. The number of aryl methyl sites for hydroxylation is 2. The van der Waals surface area contributed by atoms with Crippen LogP contribution in [0, 0.1) is 20.8 Å². The van der Waals surface area contributed by atoms with Crippen LogP contribution in [0.25, 0.3) is 11.1 Å². The van der Waals surface area contributed by atoms with E-state index in [9.17, 15) is 9.59 Å². The summed E-state index contributed by atoms with van der Waals surface area (Å²) >= 11 is 0. The summed E-state index contributed by atoms with van der Waals surface area (Å²) in [5.74, 6) is 0.593. The Hall–Kier alpha value is -5.07. The number of anilines is 1. The molecule has 0 spiro atoms. The highest BCUT2D eigenvalue weighted by molar-refractivity contribution is 6.10. The lowest BCUT2D eigenvalue weighted by Gasteiger charge is -2.28. The Bertz CT molecular complexity index is 1630. The van der Waals surface area contributed by atoms with Crippen LogP contribution in [0.4, 0.5) is 10.5 Å². The maximum absolute atomic E-state index is 13.7. The molecule has 3 aromatic carbocycles. The van der Waals surface area contributed by atoms with Crippen molar-refractivity contribution in [1.82, 2.24) is 4.98 Å². The third-order valence-corrected chi connectivity index (χ3v) is 6.66. The molecule has 222 valence electrons. The van der Waals surface area contributed by atoms with Crippen LogP contribution in [0.1, 0.15) is 59.1 Å². The maximum atomic E-state index is 13.7. The number of rotatable bonds is 7. The van der Waals surface area contributed by atoms with Crippen LogP contribution < -0.4 is 9.64 Å². The van der Waals surface area contributed by atoms with Gasteiger partial charge in [0.25, 0.3) is 0 Å². The first-order valence-electron chi connectivity index (χ1n) is 13.7. The van der Waals surface area contributed by atoms with Gasteiger partial charge in [0.15, 0.2) is 5.78 Å². The van der Waals surface area contributed by atoms with Crippen molar-refractivity contribution in [2.24, 2.45) is 0 Å². The van der Waals surface area contributed by atoms with Crippen LogP contribution in [-0.4, -0.2) is 35.7 Å². The van der Waals surface area contributed by atoms with Gasteiger partial charge in [0, 0.05) is 34.1 Å². The first-order valence-corrected chi connectivity index (χ1v) is 13.7. The monoisotopic (exact) mass is 580 g/mol. The average molecular weight is 581 g/mol. The van der Waals surface area contributed by atoms with E-state index in [0.29, 0.717) is 22.5 Å². The van der Waals surface area contributed by atoms with Crippen LogP contribution in [-0.2, 0) is 20.9 Å². The zero-order valence-electron chi connectivity index (χ0n) is 25.6. The van der Waals surface area contributed by atoms with Gasteiger partial charge in [0.2, 0.25) is 0 Å². The number of ketones is 1. The second kappa shape index (κ2) is 14.2. The molecule has 0 N–H and O–H groups in total. The van der Waals surface area contributed by atoms with Crippen LogP contribution in [0.3, 0.4) is 0 Å². The molecule has 0 atom stereocenters. The highest BCUT2D eigenvalue weighted by Crippen LogP contribution is 2.33. The van der Waals surface area contributed by atoms with Crippen molar-refractivity contribution in [3.05, 3.63) is 113 Å². The molecule has 8 heteroatoms. The molecule has 0 aliphatic carbocycles. The number of ether oxygens (including phenoxy) is 2. The number of aromatic nitrogens is 1. The predicted octanol–water partition coefficient (Wildman–Crippen LogP) is 7.27. The highest BCUT2D eigenvalue weighted by Gasteiger charge is 2.27. The Kier molecular flexibility index (Phi) is 10.7. The number of hydrogen-bond acceptors (Lipinski definition) is 7. The van der Waals surface area contributed by atoms with Crippen LogP contribution >= 0.6 is 0 Å². The van der Waals surface area contributed by atoms with Crippen molar-refractivity contribution in [2.45, 2.75) is 53.7 Å². The Morgan fingerprint density at radius 3 is 2.09 bits per heavy atom. The molecule has 0 aliphatic rings. The summed E-state index contributed by atoms with van der Waals surface area (Å²) in [6.45, 7) is 11.5. The minimum atomic E-state index is -0.723. The van der Waals surface area contributed by atoms with Gasteiger partial charge in [-0.25, -0.2) is 4.79 Å². The minimum Gasteiger partial charge on any atom is -0.496 e. The number of amides is 1. The first kappa shape index (κ1) is 32.4. The van der Waals surface area contributed by atoms with Crippen molar-refractivity contribution < 1.29 is 28.7 Å². The van der Waals surface area contributed by atoms with E-state index in [1.165, 1.54) is 0 Å². The smallest absolute Gasteiger partial charge is 0.415 e. The Morgan fingerprint density at radius 2 is 1.49 bits per heavy atom. The van der Waals surface area contributed by atoms with Gasteiger partial charge in [-0.15, -0.1) is 0 Å². The van der Waals surface area contributed by atoms with E-state index in [0.717, 1.165) is 33.6 Å². The topological polar surface area (TPSA) is 103 Å². The fourth-order valence-electron chi connectivity index (χ4n) is 4.67. The number of nitrogens with zero attached hydrogens (tertiary/aromatic N) is 2. The summed E-state index contributed by atoms with van der Waals surface area (Å²) in [6, 6.07) is 22.7. The van der Waals surface area contributed by atoms with E-state index in [2.05, 4.69) is 4.98 Å². The summed E-state index contributed by atoms with van der Waals surface area (Å²) in [5.41, 5.74) is 6.14. The third kappa shape index (κ3) is 8.24. The molecular weight excluding hydrogens is 544 g/mol. The molecule has 8 nitrogen and oxygen atoms in total. The second-order valence-electron chi connectivity index (χ2n) is 11.0. The van der Waals surface area contributed by atoms with Crippen molar-refractivity contribution in [3.63, 3.8) is 0 Å². The number of carbonyl (C=O) groups is 2. The lowest BCUT2D eigenvalue weighted by molar-refractivity contribution is -0.191. The van der Waals surface area contributed by atoms with Gasteiger partial charge < -0.3 is 9.47 Å². The normalized spacial score (nSPS) is 10.6. The fourth-order valence-corrected chi connectivity index (χ4v) is 4.67. The highest BCUT2D eigenvalue weighted by atomic mass is 16.6. The largest absolute Gasteiger partial charge is 0.496 e. The van der Waals surface area contributed by atoms with Crippen molar-refractivity contribution in [1.29, 1.82) is 0 Å². The predicted molar refractivity (Wildman–Crippen MR) is 164 cm³/mol. The van der Waals surface area contributed by atoms with E-state index >= 15 is 0 Å².